The highest BCUT2D eigenvalue weighted by atomic mass is 19.1. The fraction of sp³-hybridized carbons (Fsp3) is 0.385. The molecule has 0 aliphatic carbocycles. The quantitative estimate of drug-likeness (QED) is 0.776. The van der Waals surface area contributed by atoms with Crippen LogP contribution in [-0.2, 0) is 18.4 Å². The Kier molecular flexibility index (Phi) is 2.97. The van der Waals surface area contributed by atoms with Gasteiger partial charge in [-0.2, -0.15) is 0 Å². The van der Waals surface area contributed by atoms with Gasteiger partial charge in [-0.05, 0) is 32.0 Å². The third-order valence-electron chi connectivity index (χ3n) is 2.61. The van der Waals surface area contributed by atoms with Crippen LogP contribution in [0.2, 0.25) is 0 Å². The zero-order valence-corrected chi connectivity index (χ0v) is 9.83. The second-order valence-corrected chi connectivity index (χ2v) is 4.29. The van der Waals surface area contributed by atoms with Crippen LogP contribution in [-0.4, -0.2) is 10.7 Å². The number of aryl methyl sites for hydroxylation is 1. The first kappa shape index (κ1) is 11.1. The molecule has 3 heteroatoms. The molecule has 2 aromatic rings. The molecule has 0 saturated carbocycles. The zero-order chi connectivity index (χ0) is 11.7. The summed E-state index contributed by atoms with van der Waals surface area (Å²) in [4.78, 5) is 0. The number of nitrogens with zero attached hydrogens (tertiary/aromatic N) is 1. The van der Waals surface area contributed by atoms with Gasteiger partial charge in [0.25, 0.3) is 0 Å². The molecule has 1 aromatic carbocycles. The molecule has 0 bridgehead atoms. The largest absolute Gasteiger partial charge is 0.374 e. The van der Waals surface area contributed by atoms with Gasteiger partial charge in [-0.3, -0.25) is 0 Å². The topological polar surface area (TPSA) is 14.2 Å². The molecule has 2 rings (SSSR count). The van der Waals surface area contributed by atoms with Gasteiger partial charge in [-0.1, -0.05) is 0 Å². The lowest BCUT2D eigenvalue weighted by Crippen LogP contribution is -2.01. The van der Waals surface area contributed by atoms with Gasteiger partial charge in [0.2, 0.25) is 0 Å². The number of fused-ring (bicyclic) bond motifs is 1. The van der Waals surface area contributed by atoms with E-state index in [2.05, 4.69) is 0 Å². The summed E-state index contributed by atoms with van der Waals surface area (Å²) in [5.41, 5.74) is 2.01. The summed E-state index contributed by atoms with van der Waals surface area (Å²) in [6.45, 7) is 4.58. The van der Waals surface area contributed by atoms with Gasteiger partial charge < -0.3 is 9.30 Å². The Labute approximate surface area is 94.6 Å². The molecule has 0 unspecified atom stereocenters. The molecule has 86 valence electrons. The molecule has 0 saturated heterocycles. The Morgan fingerprint density at radius 3 is 2.81 bits per heavy atom. The maximum atomic E-state index is 13.1. The second-order valence-electron chi connectivity index (χ2n) is 4.29. The van der Waals surface area contributed by atoms with Gasteiger partial charge in [-0.25, -0.2) is 4.39 Å². The standard InChI is InChI=1S/C13H16FNO/c1-9(2)16-8-10-7-15(3)13-6-11(14)4-5-12(10)13/h4-7,9H,8H2,1-3H3. The third kappa shape index (κ3) is 2.09. The average molecular weight is 221 g/mol. The van der Waals surface area contributed by atoms with E-state index in [1.54, 1.807) is 6.07 Å². The van der Waals surface area contributed by atoms with Crippen molar-refractivity contribution in [3.8, 4) is 0 Å². The van der Waals surface area contributed by atoms with Crippen LogP contribution in [0.25, 0.3) is 10.9 Å². The van der Waals surface area contributed by atoms with E-state index in [9.17, 15) is 4.39 Å². The number of hydrogen-bond acceptors (Lipinski definition) is 1. The first-order valence-electron chi connectivity index (χ1n) is 5.43. The molecule has 0 amide bonds. The van der Waals surface area contributed by atoms with Gasteiger partial charge in [0.15, 0.2) is 0 Å². The predicted molar refractivity (Wildman–Crippen MR) is 62.8 cm³/mol. The highest BCUT2D eigenvalue weighted by molar-refractivity contribution is 5.83. The van der Waals surface area contributed by atoms with Crippen molar-refractivity contribution in [1.82, 2.24) is 4.57 Å². The van der Waals surface area contributed by atoms with Crippen LogP contribution in [0.5, 0.6) is 0 Å². The molecular weight excluding hydrogens is 205 g/mol. The normalized spacial score (nSPS) is 11.6. The van der Waals surface area contributed by atoms with Gasteiger partial charge >= 0.3 is 0 Å². The summed E-state index contributed by atoms with van der Waals surface area (Å²) in [5.74, 6) is -0.204. The number of ether oxygens (including phenoxy) is 1. The van der Waals surface area contributed by atoms with E-state index in [4.69, 9.17) is 4.74 Å². The lowest BCUT2D eigenvalue weighted by Gasteiger charge is -2.05. The summed E-state index contributed by atoms with van der Waals surface area (Å²) in [6, 6.07) is 4.85. The Bertz CT molecular complexity index is 502. The lowest BCUT2D eigenvalue weighted by molar-refractivity contribution is 0.0663. The molecule has 0 aliphatic heterocycles. The van der Waals surface area contributed by atoms with Crippen molar-refractivity contribution in [2.75, 3.05) is 0 Å². The molecule has 0 atom stereocenters. The van der Waals surface area contributed by atoms with Crippen molar-refractivity contribution in [1.29, 1.82) is 0 Å². The fourth-order valence-electron chi connectivity index (χ4n) is 1.81. The molecule has 1 aromatic heterocycles. The van der Waals surface area contributed by atoms with Crippen molar-refractivity contribution < 1.29 is 9.13 Å². The van der Waals surface area contributed by atoms with Crippen molar-refractivity contribution in [3.63, 3.8) is 0 Å². The van der Waals surface area contributed by atoms with Crippen LogP contribution in [0.15, 0.2) is 24.4 Å². The Morgan fingerprint density at radius 2 is 2.12 bits per heavy atom. The second kappa shape index (κ2) is 4.26. The monoisotopic (exact) mass is 221 g/mol. The summed E-state index contributed by atoms with van der Waals surface area (Å²) in [6.07, 6.45) is 2.20. The SMILES string of the molecule is CC(C)OCc1cn(C)c2cc(F)ccc12. The summed E-state index contributed by atoms with van der Waals surface area (Å²) < 4.78 is 20.6. The van der Waals surface area contributed by atoms with Gasteiger partial charge in [0.1, 0.15) is 5.82 Å². The number of aromatic nitrogens is 1. The molecular formula is C13H16FNO. The van der Waals surface area contributed by atoms with Crippen molar-refractivity contribution in [3.05, 3.63) is 35.8 Å². The Balaban J connectivity index is 2.39. The zero-order valence-electron chi connectivity index (χ0n) is 9.83. The van der Waals surface area contributed by atoms with E-state index in [-0.39, 0.29) is 11.9 Å². The highest BCUT2D eigenvalue weighted by Gasteiger charge is 2.08. The summed E-state index contributed by atoms with van der Waals surface area (Å²) in [7, 11) is 1.92. The molecule has 0 fully saturated rings. The molecule has 0 spiro atoms. The minimum atomic E-state index is -0.204. The number of halogens is 1. The first-order valence-corrected chi connectivity index (χ1v) is 5.43. The summed E-state index contributed by atoms with van der Waals surface area (Å²) in [5, 5.41) is 1.06. The molecule has 0 radical (unpaired) electrons. The number of rotatable bonds is 3. The summed E-state index contributed by atoms with van der Waals surface area (Å²) >= 11 is 0. The van der Waals surface area contributed by atoms with Crippen LogP contribution < -0.4 is 0 Å². The smallest absolute Gasteiger partial charge is 0.125 e. The third-order valence-corrected chi connectivity index (χ3v) is 2.61. The van der Waals surface area contributed by atoms with E-state index in [1.807, 2.05) is 37.7 Å². The van der Waals surface area contributed by atoms with E-state index >= 15 is 0 Å². The molecule has 1 heterocycles. The van der Waals surface area contributed by atoms with Crippen LogP contribution in [0.1, 0.15) is 19.4 Å². The first-order chi connectivity index (χ1) is 7.58. The molecule has 16 heavy (non-hydrogen) atoms. The maximum absolute atomic E-state index is 13.1. The van der Waals surface area contributed by atoms with Crippen molar-refractivity contribution in [2.45, 2.75) is 26.6 Å². The van der Waals surface area contributed by atoms with Gasteiger partial charge in [0, 0.05) is 24.2 Å². The van der Waals surface area contributed by atoms with Crippen molar-refractivity contribution in [2.24, 2.45) is 7.05 Å². The average Bonchev–Trinajstić information content (AvgIpc) is 2.53. The fourth-order valence-corrected chi connectivity index (χ4v) is 1.81. The van der Waals surface area contributed by atoms with Crippen LogP contribution >= 0.6 is 0 Å². The van der Waals surface area contributed by atoms with E-state index in [0.717, 1.165) is 16.5 Å². The molecule has 0 N–H and O–H groups in total. The van der Waals surface area contributed by atoms with Gasteiger partial charge in [0.05, 0.1) is 18.2 Å². The number of benzene rings is 1. The molecule has 2 nitrogen and oxygen atoms in total. The van der Waals surface area contributed by atoms with E-state index in [1.165, 1.54) is 6.07 Å². The predicted octanol–water partition coefficient (Wildman–Crippen LogP) is 3.24. The van der Waals surface area contributed by atoms with Crippen molar-refractivity contribution >= 4 is 10.9 Å². The maximum Gasteiger partial charge on any atom is 0.125 e. The molecule has 0 aliphatic rings. The van der Waals surface area contributed by atoms with Crippen LogP contribution in [0, 0.1) is 5.82 Å². The Morgan fingerprint density at radius 1 is 1.38 bits per heavy atom. The Hall–Kier alpha value is -1.35. The number of hydrogen-bond donors (Lipinski definition) is 0. The van der Waals surface area contributed by atoms with E-state index in [0.29, 0.717) is 6.61 Å². The van der Waals surface area contributed by atoms with Crippen LogP contribution in [0.4, 0.5) is 4.39 Å². The highest BCUT2D eigenvalue weighted by Crippen LogP contribution is 2.22. The van der Waals surface area contributed by atoms with E-state index < -0.39 is 0 Å². The van der Waals surface area contributed by atoms with Gasteiger partial charge in [-0.15, -0.1) is 0 Å². The van der Waals surface area contributed by atoms with Crippen LogP contribution in [0.3, 0.4) is 0 Å². The lowest BCUT2D eigenvalue weighted by atomic mass is 10.2. The minimum absolute atomic E-state index is 0.204. The minimum Gasteiger partial charge on any atom is -0.374 e.